The molecule has 0 aliphatic carbocycles. The highest BCUT2D eigenvalue weighted by molar-refractivity contribution is 9.10. The van der Waals surface area contributed by atoms with Gasteiger partial charge in [0.2, 0.25) is 0 Å². The summed E-state index contributed by atoms with van der Waals surface area (Å²) in [4.78, 5) is 19.3. The third kappa shape index (κ3) is 4.52. The molecule has 3 N–H and O–H groups in total. The number of carbonyl (C=O) groups is 1. The van der Waals surface area contributed by atoms with Crippen LogP contribution in [0.2, 0.25) is 0 Å². The number of nitrogens with zero attached hydrogens (tertiary/aromatic N) is 1. The smallest absolute Gasteiger partial charge is 0.267 e. The number of nitrogens with one attached hydrogen (secondary N) is 1. The Morgan fingerprint density at radius 2 is 1.74 bits per heavy atom. The number of amides is 1. The number of thiophene rings is 1. The molecule has 5 nitrogen and oxygen atoms in total. The Labute approximate surface area is 215 Å². The van der Waals surface area contributed by atoms with Crippen LogP contribution in [0.25, 0.3) is 32.6 Å². The van der Waals surface area contributed by atoms with E-state index < -0.39 is 0 Å². The van der Waals surface area contributed by atoms with Crippen LogP contribution >= 0.6 is 27.3 Å². The minimum absolute atomic E-state index is 0.267. The van der Waals surface area contributed by atoms with Crippen molar-refractivity contribution >= 4 is 54.8 Å². The number of fused-ring (bicyclic) bond motifs is 1. The number of rotatable bonds is 5. The van der Waals surface area contributed by atoms with Crippen LogP contribution in [0.1, 0.15) is 15.2 Å². The number of methoxy groups -OCH3 is 1. The number of hydrogen-bond acceptors (Lipinski definition) is 5. The van der Waals surface area contributed by atoms with E-state index in [1.54, 1.807) is 7.11 Å². The fourth-order valence-electron chi connectivity index (χ4n) is 3.95. The van der Waals surface area contributed by atoms with Crippen LogP contribution in [0, 0.1) is 6.92 Å². The number of anilines is 2. The number of halogens is 1. The van der Waals surface area contributed by atoms with Crippen molar-refractivity contribution < 1.29 is 9.53 Å². The van der Waals surface area contributed by atoms with Crippen LogP contribution in [-0.2, 0) is 0 Å². The lowest BCUT2D eigenvalue weighted by molar-refractivity contribution is 0.103. The lowest BCUT2D eigenvalue weighted by Gasteiger charge is -2.10. The predicted molar refractivity (Wildman–Crippen MR) is 148 cm³/mol. The van der Waals surface area contributed by atoms with E-state index in [0.717, 1.165) is 43.6 Å². The standard InChI is InChI=1S/C28H22BrN3O2S/c1-16-8-13-22(21(29)14-16)31-27(33)26-25(30)24-20(17-9-11-19(34-2)12-10-17)15-23(32-28(24)35-26)18-6-4-3-5-7-18/h3-15H,30H2,1-2H3,(H,31,33). The maximum absolute atomic E-state index is 13.3. The molecule has 0 bridgehead atoms. The van der Waals surface area contributed by atoms with Gasteiger partial charge in [-0.3, -0.25) is 4.79 Å². The third-order valence-corrected chi connectivity index (χ3v) is 7.50. The van der Waals surface area contributed by atoms with Gasteiger partial charge in [-0.15, -0.1) is 11.3 Å². The Bertz CT molecular complexity index is 1550. The van der Waals surface area contributed by atoms with Gasteiger partial charge in [0.25, 0.3) is 5.91 Å². The first-order valence-corrected chi connectivity index (χ1v) is 12.6. The van der Waals surface area contributed by atoms with Crippen molar-refractivity contribution in [2.45, 2.75) is 6.92 Å². The lowest BCUT2D eigenvalue weighted by Crippen LogP contribution is -2.12. The Morgan fingerprint density at radius 1 is 1.00 bits per heavy atom. The monoisotopic (exact) mass is 543 g/mol. The van der Waals surface area contributed by atoms with Crippen LogP contribution in [0.5, 0.6) is 5.75 Å². The van der Waals surface area contributed by atoms with Crippen molar-refractivity contribution in [3.8, 4) is 28.1 Å². The van der Waals surface area contributed by atoms with Gasteiger partial charge in [0.05, 0.1) is 24.2 Å². The fourth-order valence-corrected chi connectivity index (χ4v) is 5.55. The van der Waals surface area contributed by atoms with E-state index >= 15 is 0 Å². The number of benzene rings is 3. The minimum Gasteiger partial charge on any atom is -0.497 e. The van der Waals surface area contributed by atoms with Crippen molar-refractivity contribution in [3.63, 3.8) is 0 Å². The van der Waals surface area contributed by atoms with Gasteiger partial charge >= 0.3 is 0 Å². The van der Waals surface area contributed by atoms with E-state index in [0.29, 0.717) is 21.1 Å². The number of nitrogens with two attached hydrogens (primary N) is 1. The zero-order valence-corrected chi connectivity index (χ0v) is 21.5. The molecule has 0 atom stereocenters. The molecule has 0 spiro atoms. The Hall–Kier alpha value is -3.68. The van der Waals surface area contributed by atoms with Gasteiger partial charge < -0.3 is 15.8 Å². The summed E-state index contributed by atoms with van der Waals surface area (Å²) in [5.74, 6) is 0.501. The van der Waals surface area contributed by atoms with Crippen LogP contribution in [0.4, 0.5) is 11.4 Å². The van der Waals surface area contributed by atoms with Crippen LogP contribution in [0.3, 0.4) is 0 Å². The molecule has 174 valence electrons. The summed E-state index contributed by atoms with van der Waals surface area (Å²) in [6.07, 6.45) is 0. The van der Waals surface area contributed by atoms with Gasteiger partial charge in [-0.1, -0.05) is 48.5 Å². The second-order valence-electron chi connectivity index (χ2n) is 8.11. The van der Waals surface area contributed by atoms with Gasteiger partial charge in [-0.05, 0) is 69.9 Å². The maximum Gasteiger partial charge on any atom is 0.267 e. The first kappa shape index (κ1) is 23.1. The lowest BCUT2D eigenvalue weighted by atomic mass is 9.99. The molecule has 0 fully saturated rings. The third-order valence-electron chi connectivity index (χ3n) is 5.75. The number of aromatic nitrogens is 1. The van der Waals surface area contributed by atoms with Gasteiger partial charge in [0.15, 0.2) is 0 Å². The summed E-state index contributed by atoms with van der Waals surface area (Å²) >= 11 is 4.82. The second kappa shape index (κ2) is 9.52. The van der Waals surface area contributed by atoms with Gasteiger partial charge in [0, 0.05) is 15.4 Å². The summed E-state index contributed by atoms with van der Waals surface area (Å²) < 4.78 is 6.14. The molecule has 1 amide bonds. The number of ether oxygens (including phenoxy) is 1. The molecule has 3 aromatic carbocycles. The van der Waals surface area contributed by atoms with Crippen LogP contribution in [0.15, 0.2) is 83.3 Å². The van der Waals surface area contributed by atoms with E-state index in [9.17, 15) is 4.79 Å². The van der Waals surface area contributed by atoms with Gasteiger partial charge in [0.1, 0.15) is 15.5 Å². The summed E-state index contributed by atoms with van der Waals surface area (Å²) in [5, 5.41) is 3.75. The van der Waals surface area contributed by atoms with Crippen molar-refractivity contribution in [3.05, 3.63) is 93.8 Å². The zero-order valence-electron chi connectivity index (χ0n) is 19.1. The number of aryl methyl sites for hydroxylation is 1. The summed E-state index contributed by atoms with van der Waals surface area (Å²) in [5.41, 5.74) is 12.5. The quantitative estimate of drug-likeness (QED) is 0.240. The highest BCUT2D eigenvalue weighted by Crippen LogP contribution is 2.42. The molecular weight excluding hydrogens is 522 g/mol. The van der Waals surface area contributed by atoms with Crippen molar-refractivity contribution in [1.82, 2.24) is 4.98 Å². The Balaban J connectivity index is 1.66. The summed E-state index contributed by atoms with van der Waals surface area (Å²) in [7, 11) is 1.64. The van der Waals surface area contributed by atoms with Gasteiger partial charge in [-0.2, -0.15) is 0 Å². The number of nitrogen functional groups attached to an aromatic ring is 1. The maximum atomic E-state index is 13.3. The predicted octanol–water partition coefficient (Wildman–Crippen LogP) is 7.54. The first-order chi connectivity index (χ1) is 16.9. The highest BCUT2D eigenvalue weighted by atomic mass is 79.9. The zero-order chi connectivity index (χ0) is 24.5. The summed E-state index contributed by atoms with van der Waals surface area (Å²) in [6.45, 7) is 2.00. The van der Waals surface area contributed by atoms with Crippen molar-refractivity contribution in [1.29, 1.82) is 0 Å². The first-order valence-electron chi connectivity index (χ1n) is 10.9. The van der Waals surface area contributed by atoms with E-state index in [1.165, 1.54) is 11.3 Å². The van der Waals surface area contributed by atoms with Crippen LogP contribution in [-0.4, -0.2) is 18.0 Å². The van der Waals surface area contributed by atoms with Crippen molar-refractivity contribution in [2.75, 3.05) is 18.2 Å². The molecular formula is C28H22BrN3O2S. The SMILES string of the molecule is COc1ccc(-c2cc(-c3ccccc3)nc3sc(C(=O)Nc4ccc(C)cc4Br)c(N)c23)cc1. The molecule has 0 aliphatic heterocycles. The molecule has 2 heterocycles. The molecule has 0 saturated carbocycles. The molecule has 7 heteroatoms. The molecule has 5 aromatic rings. The Morgan fingerprint density at radius 3 is 2.43 bits per heavy atom. The molecule has 2 aromatic heterocycles. The molecule has 5 rings (SSSR count). The van der Waals surface area contributed by atoms with E-state index in [2.05, 4.69) is 21.2 Å². The largest absolute Gasteiger partial charge is 0.497 e. The van der Waals surface area contributed by atoms with E-state index in [-0.39, 0.29) is 5.91 Å². The van der Waals surface area contributed by atoms with Crippen molar-refractivity contribution in [2.24, 2.45) is 0 Å². The topological polar surface area (TPSA) is 77.2 Å². The number of pyridine rings is 1. The van der Waals surface area contributed by atoms with Crippen LogP contribution < -0.4 is 15.8 Å². The molecule has 0 unspecified atom stereocenters. The molecule has 0 radical (unpaired) electrons. The molecule has 0 saturated heterocycles. The Kier molecular flexibility index (Phi) is 6.28. The average Bonchev–Trinajstić information content (AvgIpc) is 3.22. The minimum atomic E-state index is -0.267. The normalized spacial score (nSPS) is 10.9. The summed E-state index contributed by atoms with van der Waals surface area (Å²) in [6, 6.07) is 25.6. The van der Waals surface area contributed by atoms with Gasteiger partial charge in [-0.25, -0.2) is 4.98 Å². The second-order valence-corrected chi connectivity index (χ2v) is 9.97. The van der Waals surface area contributed by atoms with E-state index in [1.807, 2.05) is 85.8 Å². The fraction of sp³-hybridized carbons (Fsp3) is 0.0714. The number of hydrogen-bond donors (Lipinski definition) is 2. The number of carbonyl (C=O) groups excluding carboxylic acids is 1. The average molecular weight is 544 g/mol. The highest BCUT2D eigenvalue weighted by Gasteiger charge is 2.22. The molecule has 35 heavy (non-hydrogen) atoms. The molecule has 0 aliphatic rings. The van der Waals surface area contributed by atoms with E-state index in [4.69, 9.17) is 15.5 Å².